The number of hydrogen-bond acceptors (Lipinski definition) is 2. The van der Waals surface area contributed by atoms with E-state index in [0.29, 0.717) is 6.61 Å². The lowest BCUT2D eigenvalue weighted by molar-refractivity contribution is 0.0598. The average molecular weight is 230 g/mol. The summed E-state index contributed by atoms with van der Waals surface area (Å²) >= 11 is 0. The van der Waals surface area contributed by atoms with Gasteiger partial charge in [-0.1, -0.05) is 18.2 Å². The third-order valence-corrected chi connectivity index (χ3v) is 3.19. The standard InChI is InChI=1S/C15H18O2/c1-2-3-4-8-14(16)13-10-12-7-5-6-9-15(12)17-11-13/h5-7,9,13-14,16H,4,8,10-11H2,1H3. The van der Waals surface area contributed by atoms with E-state index >= 15 is 0 Å². The molecular weight excluding hydrogens is 212 g/mol. The molecule has 0 aliphatic carbocycles. The first kappa shape index (κ1) is 12.0. The van der Waals surface area contributed by atoms with Crippen LogP contribution in [0.2, 0.25) is 0 Å². The van der Waals surface area contributed by atoms with Crippen LogP contribution in [0.5, 0.6) is 5.75 Å². The van der Waals surface area contributed by atoms with Gasteiger partial charge in [0.2, 0.25) is 0 Å². The van der Waals surface area contributed by atoms with Crippen LogP contribution in [0, 0.1) is 17.8 Å². The fourth-order valence-corrected chi connectivity index (χ4v) is 2.18. The molecule has 0 saturated carbocycles. The summed E-state index contributed by atoms with van der Waals surface area (Å²) in [4.78, 5) is 0. The molecule has 0 amide bonds. The Morgan fingerprint density at radius 3 is 3.12 bits per heavy atom. The first-order chi connectivity index (χ1) is 8.31. The molecule has 0 fully saturated rings. The zero-order valence-corrected chi connectivity index (χ0v) is 10.1. The summed E-state index contributed by atoms with van der Waals surface area (Å²) < 4.78 is 5.67. The molecule has 1 aromatic carbocycles. The number of para-hydroxylation sites is 1. The van der Waals surface area contributed by atoms with Crippen molar-refractivity contribution in [2.24, 2.45) is 5.92 Å². The zero-order valence-electron chi connectivity index (χ0n) is 10.1. The van der Waals surface area contributed by atoms with Crippen LogP contribution in [-0.2, 0) is 6.42 Å². The molecule has 0 saturated heterocycles. The molecule has 0 bridgehead atoms. The first-order valence-electron chi connectivity index (χ1n) is 6.09. The fourth-order valence-electron chi connectivity index (χ4n) is 2.18. The first-order valence-corrected chi connectivity index (χ1v) is 6.09. The number of ether oxygens (including phenoxy) is 1. The number of aliphatic hydroxyl groups excluding tert-OH is 1. The van der Waals surface area contributed by atoms with Crippen molar-refractivity contribution in [1.82, 2.24) is 0 Å². The Kier molecular flexibility index (Phi) is 4.06. The van der Waals surface area contributed by atoms with Crippen LogP contribution in [0.4, 0.5) is 0 Å². The minimum absolute atomic E-state index is 0.198. The quantitative estimate of drug-likeness (QED) is 0.808. The summed E-state index contributed by atoms with van der Waals surface area (Å²) in [5.74, 6) is 7.00. The molecule has 17 heavy (non-hydrogen) atoms. The van der Waals surface area contributed by atoms with Crippen LogP contribution in [0.3, 0.4) is 0 Å². The molecule has 90 valence electrons. The maximum Gasteiger partial charge on any atom is 0.122 e. The van der Waals surface area contributed by atoms with Gasteiger partial charge in [-0.25, -0.2) is 0 Å². The highest BCUT2D eigenvalue weighted by atomic mass is 16.5. The van der Waals surface area contributed by atoms with E-state index in [0.717, 1.165) is 25.0 Å². The van der Waals surface area contributed by atoms with Gasteiger partial charge in [0.1, 0.15) is 5.75 Å². The second-order valence-corrected chi connectivity index (χ2v) is 4.42. The maximum absolute atomic E-state index is 10.1. The van der Waals surface area contributed by atoms with Gasteiger partial charge in [-0.2, -0.15) is 0 Å². The molecular formula is C15H18O2. The monoisotopic (exact) mass is 230 g/mol. The lowest BCUT2D eigenvalue weighted by atomic mass is 9.90. The lowest BCUT2D eigenvalue weighted by Gasteiger charge is -2.28. The van der Waals surface area contributed by atoms with E-state index < -0.39 is 0 Å². The molecule has 0 aromatic heterocycles. The number of fused-ring (bicyclic) bond motifs is 1. The Balaban J connectivity index is 1.94. The SMILES string of the molecule is CC#CCCC(O)C1COc2ccccc2C1. The molecule has 2 rings (SSSR count). The number of hydrogen-bond donors (Lipinski definition) is 1. The summed E-state index contributed by atoms with van der Waals surface area (Å²) in [5.41, 5.74) is 1.20. The molecule has 1 aliphatic rings. The van der Waals surface area contributed by atoms with Gasteiger partial charge in [-0.3, -0.25) is 0 Å². The van der Waals surface area contributed by atoms with Gasteiger partial charge in [-0.05, 0) is 31.4 Å². The predicted octanol–water partition coefficient (Wildman–Crippen LogP) is 2.40. The molecule has 1 aliphatic heterocycles. The van der Waals surface area contributed by atoms with Crippen molar-refractivity contribution in [2.45, 2.75) is 32.3 Å². The average Bonchev–Trinajstić information content (AvgIpc) is 2.38. The van der Waals surface area contributed by atoms with E-state index in [9.17, 15) is 5.11 Å². The van der Waals surface area contributed by atoms with Crippen LogP contribution in [-0.4, -0.2) is 17.8 Å². The third-order valence-electron chi connectivity index (χ3n) is 3.19. The highest BCUT2D eigenvalue weighted by Gasteiger charge is 2.25. The molecule has 0 radical (unpaired) electrons. The molecule has 1 N–H and O–H groups in total. The minimum Gasteiger partial charge on any atom is -0.493 e. The van der Waals surface area contributed by atoms with Gasteiger partial charge < -0.3 is 9.84 Å². The van der Waals surface area contributed by atoms with E-state index in [1.54, 1.807) is 0 Å². The van der Waals surface area contributed by atoms with Gasteiger partial charge in [0.05, 0.1) is 12.7 Å². The molecule has 1 heterocycles. The Morgan fingerprint density at radius 1 is 1.47 bits per heavy atom. The molecule has 2 unspecified atom stereocenters. The largest absolute Gasteiger partial charge is 0.493 e. The maximum atomic E-state index is 10.1. The number of rotatable bonds is 3. The van der Waals surface area contributed by atoms with Gasteiger partial charge in [0.15, 0.2) is 0 Å². The van der Waals surface area contributed by atoms with E-state index in [1.165, 1.54) is 5.56 Å². The Morgan fingerprint density at radius 2 is 2.29 bits per heavy atom. The van der Waals surface area contributed by atoms with E-state index in [4.69, 9.17) is 4.74 Å². The van der Waals surface area contributed by atoms with Gasteiger partial charge in [-0.15, -0.1) is 11.8 Å². The Labute approximate surface area is 103 Å². The van der Waals surface area contributed by atoms with Gasteiger partial charge in [0.25, 0.3) is 0 Å². The summed E-state index contributed by atoms with van der Waals surface area (Å²) in [6.45, 7) is 2.43. The third kappa shape index (κ3) is 3.01. The number of benzene rings is 1. The normalized spacial score (nSPS) is 19.5. The Bertz CT molecular complexity index is 428. The summed E-state index contributed by atoms with van der Waals surface area (Å²) in [5, 5.41) is 10.1. The van der Waals surface area contributed by atoms with Crippen molar-refractivity contribution in [2.75, 3.05) is 6.61 Å². The van der Waals surface area contributed by atoms with Crippen LogP contribution in [0.25, 0.3) is 0 Å². The second kappa shape index (κ2) is 5.75. The van der Waals surface area contributed by atoms with E-state index in [-0.39, 0.29) is 12.0 Å². The van der Waals surface area contributed by atoms with E-state index in [2.05, 4.69) is 17.9 Å². The second-order valence-electron chi connectivity index (χ2n) is 4.42. The number of aliphatic hydroxyl groups is 1. The van der Waals surface area contributed by atoms with Crippen molar-refractivity contribution < 1.29 is 9.84 Å². The molecule has 2 heteroatoms. The lowest BCUT2D eigenvalue weighted by Crippen LogP contribution is -2.31. The van der Waals surface area contributed by atoms with Crippen LogP contribution in [0.15, 0.2) is 24.3 Å². The smallest absolute Gasteiger partial charge is 0.122 e. The van der Waals surface area contributed by atoms with Crippen LogP contribution < -0.4 is 4.74 Å². The Hall–Kier alpha value is -1.46. The van der Waals surface area contributed by atoms with Crippen LogP contribution >= 0.6 is 0 Å². The highest BCUT2D eigenvalue weighted by molar-refractivity contribution is 5.35. The van der Waals surface area contributed by atoms with Gasteiger partial charge >= 0.3 is 0 Å². The highest BCUT2D eigenvalue weighted by Crippen LogP contribution is 2.29. The van der Waals surface area contributed by atoms with E-state index in [1.807, 2.05) is 25.1 Å². The zero-order chi connectivity index (χ0) is 12.1. The molecule has 2 atom stereocenters. The summed E-state index contributed by atoms with van der Waals surface area (Å²) in [6, 6.07) is 8.05. The predicted molar refractivity (Wildman–Crippen MR) is 67.8 cm³/mol. The van der Waals surface area contributed by atoms with Gasteiger partial charge in [0, 0.05) is 12.3 Å². The molecule has 2 nitrogen and oxygen atoms in total. The van der Waals surface area contributed by atoms with Crippen molar-refractivity contribution in [3.63, 3.8) is 0 Å². The summed E-state index contributed by atoms with van der Waals surface area (Å²) in [6.07, 6.45) is 2.08. The van der Waals surface area contributed by atoms with Crippen molar-refractivity contribution in [3.8, 4) is 17.6 Å². The van der Waals surface area contributed by atoms with Crippen molar-refractivity contribution in [1.29, 1.82) is 0 Å². The van der Waals surface area contributed by atoms with Crippen LogP contribution in [0.1, 0.15) is 25.3 Å². The minimum atomic E-state index is -0.316. The van der Waals surface area contributed by atoms with Crippen molar-refractivity contribution >= 4 is 0 Å². The topological polar surface area (TPSA) is 29.5 Å². The molecule has 1 aromatic rings. The fraction of sp³-hybridized carbons (Fsp3) is 0.467. The summed E-state index contributed by atoms with van der Waals surface area (Å²) in [7, 11) is 0. The molecule has 0 spiro atoms. The van der Waals surface area contributed by atoms with Crippen molar-refractivity contribution in [3.05, 3.63) is 29.8 Å².